The quantitative estimate of drug-likeness (QED) is 0.394. The lowest BCUT2D eigenvalue weighted by atomic mass is 10.2. The molecule has 0 spiro atoms. The van der Waals surface area contributed by atoms with Gasteiger partial charge in [-0.3, -0.25) is 4.79 Å². The highest BCUT2D eigenvalue weighted by atomic mass is 35.5. The number of unbranched alkanes of at least 4 members (excludes halogenated alkanes) is 3. The molecule has 114 valence electrons. The van der Waals surface area contributed by atoms with Crippen molar-refractivity contribution >= 4 is 17.6 Å². The first-order chi connectivity index (χ1) is 9.16. The summed E-state index contributed by atoms with van der Waals surface area (Å²) in [7, 11) is 0. The Hall–Kier alpha value is -0.320. The number of carbonyl (C=O) groups is 1. The zero-order chi connectivity index (χ0) is 14.3. The zero-order valence-electron chi connectivity index (χ0n) is 11.9. The third kappa shape index (κ3) is 15.6. The number of rotatable bonds is 14. The Labute approximate surface area is 121 Å². The van der Waals surface area contributed by atoms with Crippen molar-refractivity contribution in [1.82, 2.24) is 0 Å². The van der Waals surface area contributed by atoms with Crippen LogP contribution in [0.25, 0.3) is 0 Å². The molecule has 1 N–H and O–H groups in total. The van der Waals surface area contributed by atoms with Crippen molar-refractivity contribution in [2.75, 3.05) is 25.7 Å². The van der Waals surface area contributed by atoms with Gasteiger partial charge in [-0.2, -0.15) is 0 Å². The summed E-state index contributed by atoms with van der Waals surface area (Å²) in [4.78, 5) is 10.3. The van der Waals surface area contributed by atoms with Crippen LogP contribution in [0.5, 0.6) is 0 Å². The Morgan fingerprint density at radius 3 is 2.53 bits per heavy atom. The van der Waals surface area contributed by atoms with E-state index in [2.05, 4.69) is 0 Å². The van der Waals surface area contributed by atoms with Crippen LogP contribution < -0.4 is 0 Å². The van der Waals surface area contributed by atoms with Crippen molar-refractivity contribution in [3.8, 4) is 0 Å². The molecular formula is C14H27ClO4. The Balaban J connectivity index is 3.14. The van der Waals surface area contributed by atoms with Gasteiger partial charge in [0.15, 0.2) is 0 Å². The van der Waals surface area contributed by atoms with Crippen molar-refractivity contribution in [2.24, 2.45) is 0 Å². The van der Waals surface area contributed by atoms with Crippen LogP contribution in [0.3, 0.4) is 0 Å². The molecule has 0 radical (unpaired) electrons. The fourth-order valence-corrected chi connectivity index (χ4v) is 1.88. The van der Waals surface area contributed by atoms with Gasteiger partial charge in [0.2, 0.25) is 0 Å². The largest absolute Gasteiger partial charge is 0.481 e. The molecule has 0 saturated heterocycles. The first kappa shape index (κ1) is 18.7. The number of aliphatic carboxylic acids is 1. The summed E-state index contributed by atoms with van der Waals surface area (Å²) < 4.78 is 11.0. The van der Waals surface area contributed by atoms with E-state index in [1.54, 1.807) is 0 Å². The maximum Gasteiger partial charge on any atom is 0.303 e. The van der Waals surface area contributed by atoms with E-state index in [1.807, 2.05) is 6.92 Å². The van der Waals surface area contributed by atoms with Crippen molar-refractivity contribution in [2.45, 2.75) is 58.0 Å². The second-order valence-corrected chi connectivity index (χ2v) is 5.06. The van der Waals surface area contributed by atoms with Gasteiger partial charge < -0.3 is 14.6 Å². The first-order valence-electron chi connectivity index (χ1n) is 7.14. The average molecular weight is 295 g/mol. The molecule has 0 heterocycles. The highest BCUT2D eigenvalue weighted by Crippen LogP contribution is 2.04. The van der Waals surface area contributed by atoms with Crippen LogP contribution in [0.4, 0.5) is 0 Å². The molecule has 0 fully saturated rings. The number of alkyl halides is 1. The predicted molar refractivity (Wildman–Crippen MR) is 76.9 cm³/mol. The van der Waals surface area contributed by atoms with E-state index < -0.39 is 5.97 Å². The molecule has 0 rings (SSSR count). The maximum atomic E-state index is 10.3. The average Bonchev–Trinajstić information content (AvgIpc) is 2.36. The fourth-order valence-electron chi connectivity index (χ4n) is 1.69. The van der Waals surface area contributed by atoms with Gasteiger partial charge in [0, 0.05) is 18.9 Å². The second-order valence-electron chi connectivity index (χ2n) is 4.68. The van der Waals surface area contributed by atoms with Crippen LogP contribution in [0.15, 0.2) is 0 Å². The summed E-state index contributed by atoms with van der Waals surface area (Å²) >= 11 is 5.59. The minimum absolute atomic E-state index is 0.103. The minimum atomic E-state index is -0.746. The molecule has 4 nitrogen and oxygen atoms in total. The zero-order valence-corrected chi connectivity index (χ0v) is 12.7. The van der Waals surface area contributed by atoms with Gasteiger partial charge in [0.25, 0.3) is 0 Å². The van der Waals surface area contributed by atoms with Gasteiger partial charge in [-0.25, -0.2) is 0 Å². The SMILES string of the molecule is CC(CCCC(=O)O)OCCOCCCCCCCl. The van der Waals surface area contributed by atoms with E-state index in [-0.39, 0.29) is 12.5 Å². The number of hydrogen-bond acceptors (Lipinski definition) is 3. The van der Waals surface area contributed by atoms with Crippen LogP contribution in [0.1, 0.15) is 51.9 Å². The summed E-state index contributed by atoms with van der Waals surface area (Å²) in [5.74, 6) is -0.00114. The topological polar surface area (TPSA) is 55.8 Å². The van der Waals surface area contributed by atoms with Crippen molar-refractivity contribution in [1.29, 1.82) is 0 Å². The Morgan fingerprint density at radius 2 is 1.84 bits per heavy atom. The molecule has 5 heteroatoms. The van der Waals surface area contributed by atoms with E-state index in [1.165, 1.54) is 12.8 Å². The number of hydrogen-bond donors (Lipinski definition) is 1. The second kappa shape index (κ2) is 14.1. The molecular weight excluding hydrogens is 268 g/mol. The van der Waals surface area contributed by atoms with Crippen molar-refractivity contribution in [3.63, 3.8) is 0 Å². The van der Waals surface area contributed by atoms with E-state index in [0.29, 0.717) is 19.6 Å². The van der Waals surface area contributed by atoms with Crippen molar-refractivity contribution < 1.29 is 19.4 Å². The Bertz CT molecular complexity index is 212. The molecule has 19 heavy (non-hydrogen) atoms. The van der Waals surface area contributed by atoms with Gasteiger partial charge in [-0.15, -0.1) is 11.6 Å². The summed E-state index contributed by atoms with van der Waals surface area (Å²) in [6, 6.07) is 0. The molecule has 0 aromatic carbocycles. The van der Waals surface area contributed by atoms with Gasteiger partial charge in [0.1, 0.15) is 0 Å². The highest BCUT2D eigenvalue weighted by Gasteiger charge is 2.04. The monoisotopic (exact) mass is 294 g/mol. The molecule has 0 saturated carbocycles. The molecule has 1 unspecified atom stereocenters. The van der Waals surface area contributed by atoms with Gasteiger partial charge in [0.05, 0.1) is 19.3 Å². The minimum Gasteiger partial charge on any atom is -0.481 e. The Morgan fingerprint density at radius 1 is 1.11 bits per heavy atom. The normalized spacial score (nSPS) is 12.5. The highest BCUT2D eigenvalue weighted by molar-refractivity contribution is 6.17. The maximum absolute atomic E-state index is 10.3. The smallest absolute Gasteiger partial charge is 0.303 e. The van der Waals surface area contributed by atoms with Crippen LogP contribution in [-0.4, -0.2) is 42.9 Å². The van der Waals surface area contributed by atoms with E-state index in [4.69, 9.17) is 26.2 Å². The first-order valence-corrected chi connectivity index (χ1v) is 7.67. The van der Waals surface area contributed by atoms with Gasteiger partial charge in [-0.1, -0.05) is 12.8 Å². The predicted octanol–water partition coefficient (Wildman–Crippen LogP) is 3.46. The van der Waals surface area contributed by atoms with Crippen LogP contribution in [0.2, 0.25) is 0 Å². The number of carboxylic acids is 1. The molecule has 0 amide bonds. The van der Waals surface area contributed by atoms with Gasteiger partial charge >= 0.3 is 5.97 Å². The summed E-state index contributed by atoms with van der Waals surface area (Å²) in [5, 5.41) is 8.51. The molecule has 0 aromatic rings. The molecule has 0 aliphatic heterocycles. The molecule has 0 aliphatic rings. The van der Waals surface area contributed by atoms with Gasteiger partial charge in [-0.05, 0) is 32.6 Å². The van der Waals surface area contributed by atoms with Crippen LogP contribution in [-0.2, 0) is 14.3 Å². The number of halogens is 1. The molecule has 1 atom stereocenters. The third-order valence-corrected chi connectivity index (χ3v) is 3.07. The molecule has 0 aliphatic carbocycles. The lowest BCUT2D eigenvalue weighted by molar-refractivity contribution is -0.137. The Kier molecular flexibility index (Phi) is 13.9. The summed E-state index contributed by atoms with van der Waals surface area (Å²) in [5.41, 5.74) is 0. The fraction of sp³-hybridized carbons (Fsp3) is 0.929. The standard InChI is InChI=1S/C14H27ClO4/c1-13(7-6-8-14(16)17)19-12-11-18-10-5-3-2-4-9-15/h13H,2-12H2,1H3,(H,16,17). The van der Waals surface area contributed by atoms with E-state index >= 15 is 0 Å². The number of carboxylic acid groups (broad SMARTS) is 1. The lowest BCUT2D eigenvalue weighted by Crippen LogP contribution is -2.13. The molecule has 0 aromatic heterocycles. The van der Waals surface area contributed by atoms with Crippen molar-refractivity contribution in [3.05, 3.63) is 0 Å². The van der Waals surface area contributed by atoms with E-state index in [0.717, 1.165) is 31.7 Å². The third-order valence-electron chi connectivity index (χ3n) is 2.80. The summed E-state index contributed by atoms with van der Waals surface area (Å²) in [6.07, 6.45) is 6.26. The molecule has 0 bridgehead atoms. The summed E-state index contributed by atoms with van der Waals surface area (Å²) in [6.45, 7) is 3.93. The van der Waals surface area contributed by atoms with Crippen LogP contribution >= 0.6 is 11.6 Å². The van der Waals surface area contributed by atoms with E-state index in [9.17, 15) is 4.79 Å². The van der Waals surface area contributed by atoms with Crippen LogP contribution in [0, 0.1) is 0 Å². The number of ether oxygens (including phenoxy) is 2. The lowest BCUT2D eigenvalue weighted by Gasteiger charge is -2.12.